The largest absolute Gasteiger partial charge is 0.444 e. The third-order valence-corrected chi connectivity index (χ3v) is 3.27. The third kappa shape index (κ3) is 5.21. The van der Waals surface area contributed by atoms with Gasteiger partial charge in [-0.1, -0.05) is 12.1 Å². The molecule has 0 unspecified atom stereocenters. The number of nitrogens with zero attached hydrogens (tertiary/aromatic N) is 2. The highest BCUT2D eigenvalue weighted by Gasteiger charge is 2.16. The minimum Gasteiger partial charge on any atom is -0.444 e. The van der Waals surface area contributed by atoms with Gasteiger partial charge in [0.25, 0.3) is 0 Å². The quantitative estimate of drug-likeness (QED) is 0.858. The van der Waals surface area contributed by atoms with Crippen LogP contribution in [0.5, 0.6) is 0 Å². The van der Waals surface area contributed by atoms with Crippen molar-refractivity contribution >= 4 is 17.7 Å². The molecule has 0 aliphatic heterocycles. The van der Waals surface area contributed by atoms with Gasteiger partial charge in [0.2, 0.25) is 5.28 Å². The normalized spacial score (nSPS) is 11.2. The molecule has 122 valence electrons. The molecule has 1 heterocycles. The molecular weight excluding hydrogens is 314 g/mol. The molecule has 0 aliphatic rings. The number of aromatic nitrogens is 2. The molecule has 0 spiro atoms. The molecule has 1 N–H and O–H groups in total. The Balaban J connectivity index is 2.07. The van der Waals surface area contributed by atoms with E-state index < -0.39 is 11.7 Å². The van der Waals surface area contributed by atoms with Gasteiger partial charge in [-0.3, -0.25) is 0 Å². The molecule has 23 heavy (non-hydrogen) atoms. The number of hydrogen-bond donors (Lipinski definition) is 1. The summed E-state index contributed by atoms with van der Waals surface area (Å²) in [6.45, 7) is 7.89. The molecule has 1 aromatic carbocycles. The Hall–Kier alpha value is -2.14. The molecule has 0 radical (unpaired) electrons. The van der Waals surface area contributed by atoms with Gasteiger partial charge < -0.3 is 10.1 Å². The van der Waals surface area contributed by atoms with Crippen molar-refractivity contribution in [1.82, 2.24) is 15.3 Å². The predicted molar refractivity (Wildman–Crippen MR) is 90.3 cm³/mol. The smallest absolute Gasteiger partial charge is 0.407 e. The Kier molecular flexibility index (Phi) is 5.21. The maximum absolute atomic E-state index is 11.7. The van der Waals surface area contributed by atoms with Gasteiger partial charge in [-0.15, -0.1) is 0 Å². The van der Waals surface area contributed by atoms with Gasteiger partial charge in [0, 0.05) is 18.3 Å². The van der Waals surface area contributed by atoms with E-state index in [0.717, 1.165) is 22.4 Å². The van der Waals surface area contributed by atoms with E-state index in [-0.39, 0.29) is 5.28 Å². The monoisotopic (exact) mass is 333 g/mol. The Morgan fingerprint density at radius 3 is 2.65 bits per heavy atom. The first-order valence-electron chi connectivity index (χ1n) is 7.30. The zero-order valence-electron chi connectivity index (χ0n) is 13.7. The number of alkyl carbamates (subject to hydrolysis) is 1. The molecule has 0 aliphatic carbocycles. The summed E-state index contributed by atoms with van der Waals surface area (Å²) in [4.78, 5) is 19.8. The summed E-state index contributed by atoms with van der Waals surface area (Å²) in [5.41, 5.74) is 3.27. The van der Waals surface area contributed by atoms with Crippen molar-refractivity contribution in [3.8, 4) is 11.3 Å². The minimum atomic E-state index is -0.505. The lowest BCUT2D eigenvalue weighted by atomic mass is 10.0. The number of nitrogens with one attached hydrogen (secondary N) is 1. The summed E-state index contributed by atoms with van der Waals surface area (Å²) < 4.78 is 5.22. The lowest BCUT2D eigenvalue weighted by Gasteiger charge is -2.20. The fraction of sp³-hybridized carbons (Fsp3) is 0.353. The summed E-state index contributed by atoms with van der Waals surface area (Å²) in [6, 6.07) is 7.71. The Morgan fingerprint density at radius 1 is 1.30 bits per heavy atom. The molecular formula is C17H20ClN3O2. The van der Waals surface area contributed by atoms with Crippen LogP contribution in [0.4, 0.5) is 4.79 Å². The van der Waals surface area contributed by atoms with Crippen LogP contribution in [0.15, 0.2) is 30.5 Å². The van der Waals surface area contributed by atoms with Crippen molar-refractivity contribution in [2.45, 2.75) is 39.8 Å². The number of carbonyl (C=O) groups is 1. The molecule has 5 nitrogen and oxygen atoms in total. The molecule has 0 bridgehead atoms. The Labute approximate surface area is 141 Å². The number of halogens is 1. The molecule has 1 aromatic heterocycles. The van der Waals surface area contributed by atoms with E-state index in [2.05, 4.69) is 15.3 Å². The van der Waals surface area contributed by atoms with Gasteiger partial charge in [0.15, 0.2) is 0 Å². The zero-order valence-corrected chi connectivity index (χ0v) is 14.4. The molecule has 1 amide bonds. The van der Waals surface area contributed by atoms with Gasteiger partial charge in [0.1, 0.15) is 5.60 Å². The summed E-state index contributed by atoms with van der Waals surface area (Å²) in [5.74, 6) is 0. The number of hydrogen-bond acceptors (Lipinski definition) is 4. The predicted octanol–water partition coefficient (Wildman–Crippen LogP) is 4.13. The van der Waals surface area contributed by atoms with E-state index in [1.807, 2.05) is 45.9 Å². The fourth-order valence-corrected chi connectivity index (χ4v) is 2.18. The van der Waals surface area contributed by atoms with E-state index in [1.54, 1.807) is 12.3 Å². The van der Waals surface area contributed by atoms with Crippen molar-refractivity contribution < 1.29 is 9.53 Å². The first kappa shape index (κ1) is 17.2. The lowest BCUT2D eigenvalue weighted by molar-refractivity contribution is 0.0523. The molecule has 6 heteroatoms. The molecule has 2 aromatic rings. The van der Waals surface area contributed by atoms with Crippen LogP contribution in [-0.2, 0) is 11.3 Å². The number of amides is 1. The van der Waals surface area contributed by atoms with Gasteiger partial charge in [-0.25, -0.2) is 14.8 Å². The second kappa shape index (κ2) is 6.96. The van der Waals surface area contributed by atoms with Crippen LogP contribution in [0, 0.1) is 6.92 Å². The van der Waals surface area contributed by atoms with Crippen LogP contribution in [0.1, 0.15) is 31.9 Å². The maximum atomic E-state index is 11.7. The Bertz CT molecular complexity index is 711. The molecule has 0 fully saturated rings. The number of rotatable bonds is 3. The SMILES string of the molecule is Cc1cc(-c2ccnc(Cl)n2)ccc1CNC(=O)OC(C)(C)C. The molecule has 0 saturated carbocycles. The lowest BCUT2D eigenvalue weighted by Crippen LogP contribution is -2.32. The van der Waals surface area contributed by atoms with E-state index in [0.29, 0.717) is 6.54 Å². The van der Waals surface area contributed by atoms with Crippen molar-refractivity contribution in [3.05, 3.63) is 46.9 Å². The summed E-state index contributed by atoms with van der Waals surface area (Å²) in [7, 11) is 0. The average Bonchev–Trinajstić information content (AvgIpc) is 2.44. The number of aryl methyl sites for hydroxylation is 1. The maximum Gasteiger partial charge on any atom is 0.407 e. The second-order valence-corrected chi connectivity index (χ2v) is 6.55. The van der Waals surface area contributed by atoms with Crippen molar-refractivity contribution in [2.75, 3.05) is 0 Å². The molecule has 2 rings (SSSR count). The Morgan fingerprint density at radius 2 is 2.04 bits per heavy atom. The van der Waals surface area contributed by atoms with Crippen molar-refractivity contribution in [1.29, 1.82) is 0 Å². The van der Waals surface area contributed by atoms with Gasteiger partial charge in [0.05, 0.1) is 5.69 Å². The van der Waals surface area contributed by atoms with Crippen LogP contribution in [0.25, 0.3) is 11.3 Å². The average molecular weight is 334 g/mol. The van der Waals surface area contributed by atoms with Gasteiger partial charge in [-0.2, -0.15) is 0 Å². The highest BCUT2D eigenvalue weighted by atomic mass is 35.5. The van der Waals surface area contributed by atoms with E-state index in [9.17, 15) is 4.79 Å². The van der Waals surface area contributed by atoms with E-state index in [4.69, 9.17) is 16.3 Å². The minimum absolute atomic E-state index is 0.218. The first-order chi connectivity index (χ1) is 10.7. The molecule has 0 atom stereocenters. The summed E-state index contributed by atoms with van der Waals surface area (Å²) >= 11 is 5.82. The van der Waals surface area contributed by atoms with Crippen LogP contribution in [0.2, 0.25) is 5.28 Å². The second-order valence-electron chi connectivity index (χ2n) is 6.21. The van der Waals surface area contributed by atoms with Crippen molar-refractivity contribution in [3.63, 3.8) is 0 Å². The van der Waals surface area contributed by atoms with Crippen LogP contribution in [-0.4, -0.2) is 21.7 Å². The highest BCUT2D eigenvalue weighted by Crippen LogP contribution is 2.21. The van der Waals surface area contributed by atoms with Crippen LogP contribution < -0.4 is 5.32 Å². The van der Waals surface area contributed by atoms with E-state index >= 15 is 0 Å². The summed E-state index contributed by atoms with van der Waals surface area (Å²) in [5, 5.41) is 2.98. The first-order valence-corrected chi connectivity index (χ1v) is 7.68. The van der Waals surface area contributed by atoms with Gasteiger partial charge >= 0.3 is 6.09 Å². The standard InChI is InChI=1S/C17H20ClN3O2/c1-11-9-12(14-7-8-19-15(18)21-14)5-6-13(11)10-20-16(22)23-17(2,3)4/h5-9H,10H2,1-4H3,(H,20,22). The topological polar surface area (TPSA) is 64.1 Å². The van der Waals surface area contributed by atoms with E-state index in [1.165, 1.54) is 0 Å². The van der Waals surface area contributed by atoms with Crippen molar-refractivity contribution in [2.24, 2.45) is 0 Å². The van der Waals surface area contributed by atoms with Crippen LogP contribution in [0.3, 0.4) is 0 Å². The highest BCUT2D eigenvalue weighted by molar-refractivity contribution is 6.28. The summed E-state index contributed by atoms with van der Waals surface area (Å²) in [6.07, 6.45) is 1.20. The van der Waals surface area contributed by atoms with Gasteiger partial charge in [-0.05, 0) is 62.6 Å². The molecule has 0 saturated heterocycles. The zero-order chi connectivity index (χ0) is 17.0. The third-order valence-electron chi connectivity index (χ3n) is 3.09. The van der Waals surface area contributed by atoms with Crippen LogP contribution >= 0.6 is 11.6 Å². The number of ether oxygens (including phenoxy) is 1. The fourth-order valence-electron chi connectivity index (χ4n) is 2.03. The number of benzene rings is 1. The number of carbonyl (C=O) groups excluding carboxylic acids is 1.